The molecule has 2 aromatic carbocycles. The first kappa shape index (κ1) is 15.8. The fraction of sp³-hybridized carbons (Fsp3) is 0.200. The van der Waals surface area contributed by atoms with Crippen molar-refractivity contribution in [2.45, 2.75) is 18.6 Å². The molecule has 21 heavy (non-hydrogen) atoms. The molecule has 0 spiro atoms. The molecule has 0 aliphatic heterocycles. The third-order valence-electron chi connectivity index (χ3n) is 3.08. The monoisotopic (exact) mass is 317 g/mol. The Morgan fingerprint density at radius 2 is 1.76 bits per heavy atom. The lowest BCUT2D eigenvalue weighted by atomic mass is 9.98. The maximum absolute atomic E-state index is 13.7. The predicted molar refractivity (Wildman–Crippen MR) is 73.5 cm³/mol. The SMILES string of the molecule is NC(Cc1cccc(C(F)(F)F)c1)c1c(F)cccc1Cl. The van der Waals surface area contributed by atoms with Crippen LogP contribution >= 0.6 is 11.6 Å². The quantitative estimate of drug-likeness (QED) is 0.813. The highest BCUT2D eigenvalue weighted by Crippen LogP contribution is 2.31. The number of nitrogens with two attached hydrogens (primary N) is 1. The van der Waals surface area contributed by atoms with Gasteiger partial charge in [0.05, 0.1) is 5.56 Å². The van der Waals surface area contributed by atoms with Crippen molar-refractivity contribution in [3.63, 3.8) is 0 Å². The zero-order chi connectivity index (χ0) is 15.6. The van der Waals surface area contributed by atoms with Gasteiger partial charge in [-0.25, -0.2) is 4.39 Å². The van der Waals surface area contributed by atoms with Crippen LogP contribution in [0.4, 0.5) is 17.6 Å². The van der Waals surface area contributed by atoms with Crippen molar-refractivity contribution >= 4 is 11.6 Å². The van der Waals surface area contributed by atoms with Crippen molar-refractivity contribution in [1.82, 2.24) is 0 Å². The number of halogens is 5. The highest BCUT2D eigenvalue weighted by Gasteiger charge is 2.30. The Kier molecular flexibility index (Phi) is 4.54. The molecule has 0 fully saturated rings. The average Bonchev–Trinajstić information content (AvgIpc) is 2.37. The molecule has 0 aromatic heterocycles. The molecule has 0 saturated heterocycles. The summed E-state index contributed by atoms with van der Waals surface area (Å²) < 4.78 is 51.7. The van der Waals surface area contributed by atoms with Crippen LogP contribution < -0.4 is 5.73 Å². The van der Waals surface area contributed by atoms with Crippen LogP contribution in [-0.2, 0) is 12.6 Å². The van der Waals surface area contributed by atoms with E-state index in [1.165, 1.54) is 30.3 Å². The molecule has 0 saturated carbocycles. The van der Waals surface area contributed by atoms with Crippen molar-refractivity contribution in [2.75, 3.05) is 0 Å². The molecule has 0 aliphatic carbocycles. The van der Waals surface area contributed by atoms with Crippen LogP contribution in [0.25, 0.3) is 0 Å². The van der Waals surface area contributed by atoms with Crippen molar-refractivity contribution in [3.05, 3.63) is 70.0 Å². The van der Waals surface area contributed by atoms with Crippen molar-refractivity contribution < 1.29 is 17.6 Å². The first-order valence-electron chi connectivity index (χ1n) is 6.14. The van der Waals surface area contributed by atoms with E-state index in [0.29, 0.717) is 5.56 Å². The zero-order valence-corrected chi connectivity index (χ0v) is 11.5. The Bertz CT molecular complexity index is 620. The Hall–Kier alpha value is -1.59. The largest absolute Gasteiger partial charge is 0.416 e. The van der Waals surface area contributed by atoms with Crippen molar-refractivity contribution in [3.8, 4) is 0 Å². The topological polar surface area (TPSA) is 26.0 Å². The lowest BCUT2D eigenvalue weighted by molar-refractivity contribution is -0.137. The minimum Gasteiger partial charge on any atom is -0.324 e. The van der Waals surface area contributed by atoms with Gasteiger partial charge in [-0.2, -0.15) is 13.2 Å². The standard InChI is InChI=1S/C15H12ClF4N/c16-11-5-2-6-12(17)14(11)13(21)8-9-3-1-4-10(7-9)15(18,19)20/h1-7,13H,8,21H2. The van der Waals surface area contributed by atoms with E-state index in [4.69, 9.17) is 17.3 Å². The summed E-state index contributed by atoms with van der Waals surface area (Å²) >= 11 is 5.89. The van der Waals surface area contributed by atoms with Gasteiger partial charge in [0.1, 0.15) is 5.82 Å². The van der Waals surface area contributed by atoms with E-state index in [0.717, 1.165) is 12.1 Å². The minimum absolute atomic E-state index is 0.0601. The van der Waals surface area contributed by atoms with Crippen LogP contribution in [-0.4, -0.2) is 0 Å². The summed E-state index contributed by atoms with van der Waals surface area (Å²) in [7, 11) is 0. The second-order valence-corrected chi connectivity index (χ2v) is 5.05. The first-order chi connectivity index (χ1) is 9.79. The third kappa shape index (κ3) is 3.74. The van der Waals surface area contributed by atoms with Gasteiger partial charge in [0.15, 0.2) is 0 Å². The van der Waals surface area contributed by atoms with Gasteiger partial charge in [-0.15, -0.1) is 0 Å². The Balaban J connectivity index is 2.26. The molecular formula is C15H12ClF4N. The highest BCUT2D eigenvalue weighted by molar-refractivity contribution is 6.31. The first-order valence-corrected chi connectivity index (χ1v) is 6.52. The number of hydrogen-bond acceptors (Lipinski definition) is 1. The van der Waals surface area contributed by atoms with E-state index >= 15 is 0 Å². The van der Waals surface area contributed by atoms with E-state index in [2.05, 4.69) is 0 Å². The number of alkyl halides is 3. The van der Waals surface area contributed by atoms with E-state index < -0.39 is 23.6 Å². The normalized spacial score (nSPS) is 13.2. The van der Waals surface area contributed by atoms with Crippen molar-refractivity contribution in [2.24, 2.45) is 5.73 Å². The molecule has 0 amide bonds. The molecule has 2 rings (SSSR count). The summed E-state index contributed by atoms with van der Waals surface area (Å²) in [5.41, 5.74) is 5.60. The molecule has 6 heteroatoms. The number of rotatable bonds is 3. The summed E-state index contributed by atoms with van der Waals surface area (Å²) in [4.78, 5) is 0. The van der Waals surface area contributed by atoms with E-state index in [1.54, 1.807) is 0 Å². The summed E-state index contributed by atoms with van der Waals surface area (Å²) in [5.74, 6) is -0.568. The van der Waals surface area contributed by atoms with Gasteiger partial charge in [-0.1, -0.05) is 35.9 Å². The van der Waals surface area contributed by atoms with E-state index in [9.17, 15) is 17.6 Å². The summed E-state index contributed by atoms with van der Waals surface area (Å²) in [6, 6.07) is 8.14. The molecule has 2 N–H and O–H groups in total. The maximum atomic E-state index is 13.7. The minimum atomic E-state index is -4.42. The lowest BCUT2D eigenvalue weighted by Gasteiger charge is -2.16. The fourth-order valence-electron chi connectivity index (χ4n) is 2.10. The number of hydrogen-bond donors (Lipinski definition) is 1. The number of benzene rings is 2. The molecule has 1 atom stereocenters. The Labute approximate surface area is 124 Å². The molecule has 0 heterocycles. The highest BCUT2D eigenvalue weighted by atomic mass is 35.5. The lowest BCUT2D eigenvalue weighted by Crippen LogP contribution is -2.16. The maximum Gasteiger partial charge on any atom is 0.416 e. The van der Waals surface area contributed by atoms with Gasteiger partial charge >= 0.3 is 6.18 Å². The molecule has 2 aromatic rings. The van der Waals surface area contributed by atoms with Crippen LogP contribution in [0.15, 0.2) is 42.5 Å². The predicted octanol–water partition coefficient (Wildman–Crippen LogP) is 4.74. The van der Waals surface area contributed by atoms with Crippen LogP contribution in [0.5, 0.6) is 0 Å². The van der Waals surface area contributed by atoms with E-state index in [1.807, 2.05) is 0 Å². The van der Waals surface area contributed by atoms with Gasteiger partial charge < -0.3 is 5.73 Å². The molecule has 1 unspecified atom stereocenters. The van der Waals surface area contributed by atoms with Gasteiger partial charge in [-0.05, 0) is 30.2 Å². The Morgan fingerprint density at radius 1 is 1.10 bits per heavy atom. The Morgan fingerprint density at radius 3 is 2.38 bits per heavy atom. The molecule has 0 radical (unpaired) electrons. The van der Waals surface area contributed by atoms with Gasteiger partial charge in [0.2, 0.25) is 0 Å². The molecule has 112 valence electrons. The van der Waals surface area contributed by atoms with Gasteiger partial charge in [0.25, 0.3) is 0 Å². The molecular weight excluding hydrogens is 306 g/mol. The van der Waals surface area contributed by atoms with E-state index in [-0.39, 0.29) is 17.0 Å². The second kappa shape index (κ2) is 6.03. The molecule has 0 aliphatic rings. The third-order valence-corrected chi connectivity index (χ3v) is 3.41. The summed E-state index contributed by atoms with van der Waals surface area (Å²) in [6.45, 7) is 0. The van der Waals surface area contributed by atoms with Crippen LogP contribution in [0, 0.1) is 5.82 Å². The van der Waals surface area contributed by atoms with Gasteiger partial charge in [0, 0.05) is 16.6 Å². The second-order valence-electron chi connectivity index (χ2n) is 4.64. The zero-order valence-electron chi connectivity index (χ0n) is 10.8. The average molecular weight is 318 g/mol. The molecule has 0 bridgehead atoms. The van der Waals surface area contributed by atoms with Gasteiger partial charge in [-0.3, -0.25) is 0 Å². The van der Waals surface area contributed by atoms with Crippen LogP contribution in [0.3, 0.4) is 0 Å². The summed E-state index contributed by atoms with van der Waals surface area (Å²) in [5, 5.41) is 0.162. The summed E-state index contributed by atoms with van der Waals surface area (Å²) in [6.07, 6.45) is -4.36. The van der Waals surface area contributed by atoms with Crippen LogP contribution in [0.1, 0.15) is 22.7 Å². The fourth-order valence-corrected chi connectivity index (χ4v) is 2.40. The van der Waals surface area contributed by atoms with Crippen molar-refractivity contribution in [1.29, 1.82) is 0 Å². The molecule has 1 nitrogen and oxygen atoms in total. The smallest absolute Gasteiger partial charge is 0.324 e. The van der Waals surface area contributed by atoms with Crippen LogP contribution in [0.2, 0.25) is 5.02 Å².